The van der Waals surface area contributed by atoms with Crippen molar-refractivity contribution in [2.24, 2.45) is 0 Å². The quantitative estimate of drug-likeness (QED) is 0.808. The number of aliphatic hydroxyl groups is 1. The van der Waals surface area contributed by atoms with Crippen LogP contribution in [0.3, 0.4) is 0 Å². The van der Waals surface area contributed by atoms with E-state index in [2.05, 4.69) is 0 Å². The number of rotatable bonds is 5. The summed E-state index contributed by atoms with van der Waals surface area (Å²) in [5.74, 6) is -1.66. The number of hydrogen-bond donors (Lipinski definition) is 1. The molecule has 0 aliphatic carbocycles. The fraction of sp³-hybridized carbons (Fsp3) is 0.316. The first kappa shape index (κ1) is 19.0. The zero-order valence-electron chi connectivity index (χ0n) is 13.8. The molecule has 0 amide bonds. The van der Waals surface area contributed by atoms with E-state index in [9.17, 15) is 23.1 Å². The number of hydrogen-bond acceptors (Lipinski definition) is 3. The second kappa shape index (κ2) is 7.70. The van der Waals surface area contributed by atoms with Crippen LogP contribution in [0.25, 0.3) is 0 Å². The molecule has 2 rings (SSSR count). The second-order valence-corrected chi connectivity index (χ2v) is 5.94. The summed E-state index contributed by atoms with van der Waals surface area (Å²) in [7, 11) is 0. The van der Waals surface area contributed by atoms with Gasteiger partial charge in [0.15, 0.2) is 0 Å². The van der Waals surface area contributed by atoms with Crippen molar-refractivity contribution in [2.45, 2.75) is 38.1 Å². The minimum atomic E-state index is -4.46. The Bertz CT molecular complexity index is 694. The monoisotopic (exact) mass is 352 g/mol. The first-order chi connectivity index (χ1) is 11.7. The molecule has 0 saturated carbocycles. The molecule has 0 aromatic heterocycles. The maximum absolute atomic E-state index is 12.7. The van der Waals surface area contributed by atoms with Crippen molar-refractivity contribution in [3.8, 4) is 0 Å². The molecule has 0 unspecified atom stereocenters. The van der Waals surface area contributed by atoms with Gasteiger partial charge in [0, 0.05) is 0 Å². The Hall–Kier alpha value is -2.34. The molecule has 0 aliphatic heterocycles. The maximum Gasteiger partial charge on any atom is 0.416 e. The Balaban J connectivity index is 2.35. The van der Waals surface area contributed by atoms with Crippen LogP contribution in [0.15, 0.2) is 54.6 Å². The Morgan fingerprint density at radius 2 is 1.52 bits per heavy atom. The van der Waals surface area contributed by atoms with E-state index in [1.54, 1.807) is 44.2 Å². The molecule has 25 heavy (non-hydrogen) atoms. The first-order valence-electron chi connectivity index (χ1n) is 7.81. The van der Waals surface area contributed by atoms with Crippen molar-refractivity contribution in [3.05, 3.63) is 71.3 Å². The van der Waals surface area contributed by atoms with E-state index in [1.807, 2.05) is 0 Å². The normalized spacial score (nSPS) is 14.2. The zero-order chi connectivity index (χ0) is 18.6. The minimum Gasteiger partial charge on any atom is -0.462 e. The predicted octanol–water partition coefficient (Wildman–Crippen LogP) is 4.47. The van der Waals surface area contributed by atoms with Crippen LogP contribution in [0.4, 0.5) is 13.2 Å². The van der Waals surface area contributed by atoms with Crippen molar-refractivity contribution < 1.29 is 27.8 Å². The molecule has 134 valence electrons. The maximum atomic E-state index is 12.7. The summed E-state index contributed by atoms with van der Waals surface area (Å²) < 4.78 is 43.2. The predicted molar refractivity (Wildman–Crippen MR) is 86.8 cm³/mol. The van der Waals surface area contributed by atoms with E-state index in [0.717, 1.165) is 12.1 Å². The summed E-state index contributed by atoms with van der Waals surface area (Å²) in [6.07, 6.45) is -6.16. The summed E-state index contributed by atoms with van der Waals surface area (Å²) in [4.78, 5) is 12.4. The van der Waals surface area contributed by atoms with Gasteiger partial charge in [-0.3, -0.25) is 4.79 Å². The fourth-order valence-electron chi connectivity index (χ4n) is 2.47. The molecule has 0 heterocycles. The molecule has 0 spiro atoms. The molecule has 2 atom stereocenters. The van der Waals surface area contributed by atoms with Crippen molar-refractivity contribution in [3.63, 3.8) is 0 Å². The number of halogens is 3. The second-order valence-electron chi connectivity index (χ2n) is 5.94. The lowest BCUT2D eigenvalue weighted by Crippen LogP contribution is -2.25. The number of esters is 1. The van der Waals surface area contributed by atoms with E-state index in [-0.39, 0.29) is 11.7 Å². The highest BCUT2D eigenvalue weighted by molar-refractivity contribution is 5.79. The van der Waals surface area contributed by atoms with Crippen LogP contribution < -0.4 is 0 Å². The lowest BCUT2D eigenvalue weighted by Gasteiger charge is -2.23. The van der Waals surface area contributed by atoms with Crippen LogP contribution in [0.1, 0.15) is 42.6 Å². The smallest absolute Gasteiger partial charge is 0.416 e. The van der Waals surface area contributed by atoms with Crippen molar-refractivity contribution in [1.29, 1.82) is 0 Å². The molecule has 3 nitrogen and oxygen atoms in total. The average molecular weight is 352 g/mol. The topological polar surface area (TPSA) is 46.5 Å². The number of ether oxygens (including phenoxy) is 1. The van der Waals surface area contributed by atoms with Crippen LogP contribution in [0.5, 0.6) is 0 Å². The van der Waals surface area contributed by atoms with Gasteiger partial charge in [-0.15, -0.1) is 0 Å². The third-order valence-electron chi connectivity index (χ3n) is 3.66. The summed E-state index contributed by atoms with van der Waals surface area (Å²) in [5.41, 5.74) is -0.0763. The van der Waals surface area contributed by atoms with Crippen LogP contribution >= 0.6 is 0 Å². The largest absolute Gasteiger partial charge is 0.462 e. The van der Waals surface area contributed by atoms with Gasteiger partial charge in [-0.05, 0) is 37.1 Å². The van der Waals surface area contributed by atoms with Crippen molar-refractivity contribution in [2.75, 3.05) is 0 Å². The number of alkyl halides is 3. The van der Waals surface area contributed by atoms with Gasteiger partial charge in [0.2, 0.25) is 0 Å². The summed E-state index contributed by atoms with van der Waals surface area (Å²) in [6.45, 7) is 3.37. The molecule has 0 aliphatic rings. The molecule has 0 bridgehead atoms. The van der Waals surface area contributed by atoms with E-state index >= 15 is 0 Å². The van der Waals surface area contributed by atoms with E-state index in [0.29, 0.717) is 5.56 Å². The molecule has 0 fully saturated rings. The molecular weight excluding hydrogens is 333 g/mol. The molecule has 6 heteroatoms. The van der Waals surface area contributed by atoms with Gasteiger partial charge in [0.05, 0.1) is 17.8 Å². The number of carbonyl (C=O) groups excluding carboxylic acids is 1. The van der Waals surface area contributed by atoms with Gasteiger partial charge in [0.25, 0.3) is 0 Å². The van der Waals surface area contributed by atoms with Gasteiger partial charge in [-0.2, -0.15) is 13.2 Å². The number of aliphatic hydroxyl groups excluding tert-OH is 1. The average Bonchev–Trinajstić information content (AvgIpc) is 2.54. The lowest BCUT2D eigenvalue weighted by atomic mass is 9.89. The Morgan fingerprint density at radius 1 is 0.960 bits per heavy atom. The first-order valence-corrected chi connectivity index (χ1v) is 7.81. The Kier molecular flexibility index (Phi) is 5.85. The van der Waals surface area contributed by atoms with Crippen LogP contribution in [0.2, 0.25) is 0 Å². The highest BCUT2D eigenvalue weighted by atomic mass is 19.4. The highest BCUT2D eigenvalue weighted by Crippen LogP contribution is 2.35. The van der Waals surface area contributed by atoms with Gasteiger partial charge in [-0.1, -0.05) is 42.5 Å². The summed E-state index contributed by atoms with van der Waals surface area (Å²) >= 11 is 0. The van der Waals surface area contributed by atoms with Crippen LogP contribution in [-0.4, -0.2) is 17.2 Å². The van der Waals surface area contributed by atoms with E-state index in [1.165, 1.54) is 12.1 Å². The number of benzene rings is 2. The van der Waals surface area contributed by atoms with Crippen LogP contribution in [-0.2, 0) is 15.7 Å². The standard InChI is InChI=1S/C19H19F3O3/c1-12(2)25-18(24)16(13-6-4-3-5-7-13)17(23)14-8-10-15(11-9-14)19(20,21)22/h3-12,16-17,23H,1-2H3/t16-,17-/m0/s1. The Labute approximate surface area is 144 Å². The third-order valence-corrected chi connectivity index (χ3v) is 3.66. The third kappa shape index (κ3) is 4.82. The lowest BCUT2D eigenvalue weighted by molar-refractivity contribution is -0.152. The van der Waals surface area contributed by atoms with Crippen molar-refractivity contribution in [1.82, 2.24) is 0 Å². The van der Waals surface area contributed by atoms with Gasteiger partial charge in [0.1, 0.15) is 5.92 Å². The molecule has 1 N–H and O–H groups in total. The van der Waals surface area contributed by atoms with Gasteiger partial charge in [-0.25, -0.2) is 0 Å². The molecule has 0 saturated heterocycles. The van der Waals surface area contributed by atoms with E-state index in [4.69, 9.17) is 4.74 Å². The van der Waals surface area contributed by atoms with Gasteiger partial charge >= 0.3 is 12.1 Å². The highest BCUT2D eigenvalue weighted by Gasteiger charge is 2.33. The van der Waals surface area contributed by atoms with Crippen molar-refractivity contribution >= 4 is 5.97 Å². The SMILES string of the molecule is CC(C)OC(=O)[C@@H](c1ccccc1)[C@@H](O)c1ccc(C(F)(F)F)cc1. The zero-order valence-corrected chi connectivity index (χ0v) is 13.8. The van der Waals surface area contributed by atoms with Gasteiger partial charge < -0.3 is 9.84 Å². The summed E-state index contributed by atoms with van der Waals surface area (Å²) in [6, 6.07) is 12.6. The molecule has 2 aromatic carbocycles. The fourth-order valence-corrected chi connectivity index (χ4v) is 2.47. The van der Waals surface area contributed by atoms with E-state index < -0.39 is 29.7 Å². The molecule has 2 aromatic rings. The molecular formula is C19H19F3O3. The molecule has 0 radical (unpaired) electrons. The minimum absolute atomic E-state index is 0.211. The number of carbonyl (C=O) groups is 1. The summed E-state index contributed by atoms with van der Waals surface area (Å²) in [5, 5.41) is 10.6. The Morgan fingerprint density at radius 3 is 2.00 bits per heavy atom. The van der Waals surface area contributed by atoms with Crippen LogP contribution in [0, 0.1) is 0 Å².